The summed E-state index contributed by atoms with van der Waals surface area (Å²) in [6, 6.07) is 7.95. The summed E-state index contributed by atoms with van der Waals surface area (Å²) in [4.78, 5) is 27.2. The van der Waals surface area contributed by atoms with Gasteiger partial charge in [0.15, 0.2) is 0 Å². The normalized spacial score (nSPS) is 16.3. The number of nitrogens with one attached hydrogen (secondary N) is 1. The third kappa shape index (κ3) is 5.32. The summed E-state index contributed by atoms with van der Waals surface area (Å²) in [7, 11) is 0. The third-order valence-electron chi connectivity index (χ3n) is 5.24. The van der Waals surface area contributed by atoms with E-state index in [4.69, 9.17) is 0 Å². The van der Waals surface area contributed by atoms with Gasteiger partial charge in [0.25, 0.3) is 0 Å². The summed E-state index contributed by atoms with van der Waals surface area (Å²) >= 11 is 0. The van der Waals surface area contributed by atoms with E-state index in [1.807, 2.05) is 45.0 Å². The van der Waals surface area contributed by atoms with Gasteiger partial charge in [-0.05, 0) is 37.3 Å². The summed E-state index contributed by atoms with van der Waals surface area (Å²) in [6.45, 7) is 6.39. The van der Waals surface area contributed by atoms with E-state index in [1.54, 1.807) is 4.90 Å². The van der Waals surface area contributed by atoms with Gasteiger partial charge < -0.3 is 10.2 Å². The van der Waals surface area contributed by atoms with Crippen LogP contribution in [0.2, 0.25) is 0 Å². The molecule has 1 saturated carbocycles. The lowest BCUT2D eigenvalue weighted by Crippen LogP contribution is -2.51. The Labute approximate surface area is 152 Å². The summed E-state index contributed by atoms with van der Waals surface area (Å²) in [5, 5.41) is 3.20. The van der Waals surface area contributed by atoms with Gasteiger partial charge in [0.05, 0.1) is 0 Å². The van der Waals surface area contributed by atoms with E-state index in [1.165, 1.54) is 19.3 Å². The van der Waals surface area contributed by atoms with E-state index in [-0.39, 0.29) is 17.9 Å². The number of amides is 2. The average molecular weight is 344 g/mol. The molecule has 0 aliphatic heterocycles. The van der Waals surface area contributed by atoms with Gasteiger partial charge in [-0.3, -0.25) is 9.59 Å². The number of aryl methyl sites for hydroxylation is 1. The van der Waals surface area contributed by atoms with Crippen molar-refractivity contribution in [3.05, 3.63) is 35.4 Å². The topological polar surface area (TPSA) is 49.4 Å². The summed E-state index contributed by atoms with van der Waals surface area (Å²) in [6.07, 6.45) is 6.79. The molecule has 1 aromatic rings. The molecule has 0 radical (unpaired) electrons. The Hall–Kier alpha value is -1.84. The Morgan fingerprint density at radius 1 is 1.16 bits per heavy atom. The largest absolute Gasteiger partial charge is 0.352 e. The van der Waals surface area contributed by atoms with Crippen LogP contribution in [0.4, 0.5) is 0 Å². The zero-order chi connectivity index (χ0) is 18.2. The van der Waals surface area contributed by atoms with Crippen molar-refractivity contribution in [1.29, 1.82) is 0 Å². The minimum absolute atomic E-state index is 0.00443. The van der Waals surface area contributed by atoms with Crippen LogP contribution in [0.5, 0.6) is 0 Å². The van der Waals surface area contributed by atoms with Crippen LogP contribution in [0.1, 0.15) is 69.9 Å². The number of rotatable bonds is 7. The maximum Gasteiger partial charge on any atom is 0.243 e. The Bertz CT molecular complexity index is 579. The van der Waals surface area contributed by atoms with Gasteiger partial charge in [-0.15, -0.1) is 0 Å². The highest BCUT2D eigenvalue weighted by Crippen LogP contribution is 2.20. The quantitative estimate of drug-likeness (QED) is 0.814. The molecule has 1 N–H and O–H groups in total. The molecule has 1 unspecified atom stereocenters. The molecular formula is C21H32N2O2. The molecule has 0 saturated heterocycles. The van der Waals surface area contributed by atoms with Crippen molar-refractivity contribution in [2.24, 2.45) is 0 Å². The highest BCUT2D eigenvalue weighted by atomic mass is 16.2. The molecule has 4 heteroatoms. The standard InChI is InChI=1S/C21H32N2O2/c1-4-19(21(25)22-18-13-7-6-8-14-18)23(20(24)5-2)15-17-12-10-9-11-16(17)3/h9-12,18-19H,4-8,13-15H2,1-3H3,(H,22,25). The van der Waals surface area contributed by atoms with Crippen LogP contribution in [-0.4, -0.2) is 28.8 Å². The molecule has 2 rings (SSSR count). The molecule has 1 atom stereocenters. The van der Waals surface area contributed by atoms with E-state index in [0.717, 1.165) is 24.0 Å². The molecule has 1 aromatic carbocycles. The van der Waals surface area contributed by atoms with Crippen LogP contribution in [-0.2, 0) is 16.1 Å². The molecular weight excluding hydrogens is 312 g/mol. The molecule has 4 nitrogen and oxygen atoms in total. The van der Waals surface area contributed by atoms with Gasteiger partial charge >= 0.3 is 0 Å². The lowest BCUT2D eigenvalue weighted by Gasteiger charge is -2.33. The van der Waals surface area contributed by atoms with Crippen LogP contribution < -0.4 is 5.32 Å². The first-order chi connectivity index (χ1) is 12.1. The fourth-order valence-corrected chi connectivity index (χ4v) is 3.64. The van der Waals surface area contributed by atoms with Gasteiger partial charge in [-0.25, -0.2) is 0 Å². The summed E-state index contributed by atoms with van der Waals surface area (Å²) in [5.41, 5.74) is 2.26. The van der Waals surface area contributed by atoms with Crippen molar-refractivity contribution in [2.45, 2.75) is 84.3 Å². The van der Waals surface area contributed by atoms with Crippen LogP contribution in [0.3, 0.4) is 0 Å². The van der Waals surface area contributed by atoms with Crippen LogP contribution in [0.15, 0.2) is 24.3 Å². The van der Waals surface area contributed by atoms with Crippen molar-refractivity contribution >= 4 is 11.8 Å². The first-order valence-corrected chi connectivity index (χ1v) is 9.71. The van der Waals surface area contributed by atoms with Gasteiger partial charge in [0, 0.05) is 19.0 Å². The number of hydrogen-bond acceptors (Lipinski definition) is 2. The van der Waals surface area contributed by atoms with Crippen molar-refractivity contribution in [1.82, 2.24) is 10.2 Å². The third-order valence-corrected chi connectivity index (χ3v) is 5.24. The highest BCUT2D eigenvalue weighted by molar-refractivity contribution is 5.87. The first-order valence-electron chi connectivity index (χ1n) is 9.71. The molecule has 25 heavy (non-hydrogen) atoms. The average Bonchev–Trinajstić information content (AvgIpc) is 2.63. The lowest BCUT2D eigenvalue weighted by atomic mass is 9.95. The minimum Gasteiger partial charge on any atom is -0.352 e. The van der Waals surface area contributed by atoms with Crippen LogP contribution in [0.25, 0.3) is 0 Å². The van der Waals surface area contributed by atoms with Gasteiger partial charge in [0.1, 0.15) is 6.04 Å². The predicted octanol–water partition coefficient (Wildman–Crippen LogP) is 3.96. The number of carbonyl (C=O) groups is 2. The Morgan fingerprint density at radius 3 is 2.44 bits per heavy atom. The molecule has 0 heterocycles. The Balaban J connectivity index is 2.13. The number of benzene rings is 1. The molecule has 1 aliphatic carbocycles. The van der Waals surface area contributed by atoms with Crippen LogP contribution in [0, 0.1) is 6.92 Å². The van der Waals surface area contributed by atoms with E-state index < -0.39 is 6.04 Å². The smallest absolute Gasteiger partial charge is 0.243 e. The number of carbonyl (C=O) groups excluding carboxylic acids is 2. The predicted molar refractivity (Wildman–Crippen MR) is 101 cm³/mol. The van der Waals surface area contributed by atoms with E-state index >= 15 is 0 Å². The van der Waals surface area contributed by atoms with Crippen molar-refractivity contribution < 1.29 is 9.59 Å². The Kier molecular flexibility index (Phi) is 7.48. The van der Waals surface area contributed by atoms with E-state index in [2.05, 4.69) is 5.32 Å². The van der Waals surface area contributed by atoms with E-state index in [9.17, 15) is 9.59 Å². The molecule has 1 fully saturated rings. The molecule has 138 valence electrons. The maximum atomic E-state index is 12.9. The van der Waals surface area contributed by atoms with Gasteiger partial charge in [0.2, 0.25) is 11.8 Å². The number of hydrogen-bond donors (Lipinski definition) is 1. The molecule has 0 spiro atoms. The van der Waals surface area contributed by atoms with Gasteiger partial charge in [-0.2, -0.15) is 0 Å². The SMILES string of the molecule is CCC(=O)N(Cc1ccccc1C)C(CC)C(=O)NC1CCCCC1. The molecule has 2 amide bonds. The number of nitrogens with zero attached hydrogens (tertiary/aromatic N) is 1. The fourth-order valence-electron chi connectivity index (χ4n) is 3.64. The second kappa shape index (κ2) is 9.59. The summed E-state index contributed by atoms with van der Waals surface area (Å²) < 4.78 is 0. The molecule has 0 bridgehead atoms. The zero-order valence-electron chi connectivity index (χ0n) is 15.9. The zero-order valence-corrected chi connectivity index (χ0v) is 15.9. The second-order valence-electron chi connectivity index (χ2n) is 7.07. The van der Waals surface area contributed by atoms with Crippen LogP contribution >= 0.6 is 0 Å². The van der Waals surface area contributed by atoms with Crippen molar-refractivity contribution in [3.63, 3.8) is 0 Å². The highest BCUT2D eigenvalue weighted by Gasteiger charge is 2.29. The van der Waals surface area contributed by atoms with E-state index in [0.29, 0.717) is 19.4 Å². The maximum absolute atomic E-state index is 12.9. The second-order valence-corrected chi connectivity index (χ2v) is 7.07. The minimum atomic E-state index is -0.394. The lowest BCUT2D eigenvalue weighted by molar-refractivity contribution is -0.141. The van der Waals surface area contributed by atoms with Crippen molar-refractivity contribution in [2.75, 3.05) is 0 Å². The molecule has 0 aromatic heterocycles. The monoisotopic (exact) mass is 344 g/mol. The summed E-state index contributed by atoms with van der Waals surface area (Å²) in [5.74, 6) is 0.0404. The first kappa shape index (κ1) is 19.5. The molecule has 1 aliphatic rings. The Morgan fingerprint density at radius 2 is 1.84 bits per heavy atom. The fraction of sp³-hybridized carbons (Fsp3) is 0.619. The van der Waals surface area contributed by atoms with Gasteiger partial charge in [-0.1, -0.05) is 57.4 Å². The van der Waals surface area contributed by atoms with Crippen molar-refractivity contribution in [3.8, 4) is 0 Å².